The van der Waals surface area contributed by atoms with E-state index in [0.717, 1.165) is 12.8 Å². The van der Waals surface area contributed by atoms with E-state index in [2.05, 4.69) is 52.6 Å². The van der Waals surface area contributed by atoms with E-state index >= 15 is 0 Å². The van der Waals surface area contributed by atoms with Crippen LogP contribution in [0.1, 0.15) is 86.0 Å². The number of allylic oxidation sites excluding steroid dienone is 4. The number of hydrogen-bond donors (Lipinski definition) is 1. The third kappa shape index (κ3) is 8.46. The Morgan fingerprint density at radius 3 is 2.27 bits per heavy atom. The smallest absolute Gasteiger partial charge is 0.0148 e. The minimum Gasteiger partial charge on any atom is -0.391 e. The largest absolute Gasteiger partial charge is 0.391 e. The van der Waals surface area contributed by atoms with Gasteiger partial charge in [-0.1, -0.05) is 70.3 Å². The summed E-state index contributed by atoms with van der Waals surface area (Å²) in [4.78, 5) is 0. The number of hydrogen-bond acceptors (Lipinski definition) is 1. The Labute approximate surface area is 140 Å². The molecule has 0 amide bonds. The first-order valence-corrected chi connectivity index (χ1v) is 9.24. The molecule has 0 aliphatic heterocycles. The fourth-order valence-electron chi connectivity index (χ4n) is 3.03. The molecule has 1 atom stereocenters. The van der Waals surface area contributed by atoms with E-state index in [4.69, 9.17) is 0 Å². The molecule has 0 spiro atoms. The molecule has 0 fully saturated rings. The summed E-state index contributed by atoms with van der Waals surface area (Å²) in [6.45, 7) is 15.7. The SMILES string of the molecule is C=C(/C=C(\C/C(=C(/C)CCC)[C@@H](C)CCC)NC)CCCC. The second-order valence-electron chi connectivity index (χ2n) is 6.60. The molecule has 0 saturated heterocycles. The highest BCUT2D eigenvalue weighted by atomic mass is 14.8. The topological polar surface area (TPSA) is 12.0 Å². The van der Waals surface area contributed by atoms with E-state index in [-0.39, 0.29) is 0 Å². The molecule has 0 unspecified atom stereocenters. The van der Waals surface area contributed by atoms with Crippen LogP contribution in [0.15, 0.2) is 35.1 Å². The fraction of sp³-hybridized carbons (Fsp3) is 0.714. The first-order valence-electron chi connectivity index (χ1n) is 9.24. The van der Waals surface area contributed by atoms with Crippen molar-refractivity contribution in [2.75, 3.05) is 7.05 Å². The first kappa shape index (κ1) is 21.0. The van der Waals surface area contributed by atoms with Gasteiger partial charge >= 0.3 is 0 Å². The molecule has 0 rings (SSSR count). The van der Waals surface area contributed by atoms with Gasteiger partial charge in [-0.05, 0) is 44.6 Å². The molecule has 0 radical (unpaired) electrons. The zero-order chi connectivity index (χ0) is 17.0. The molecule has 1 N–H and O–H groups in total. The zero-order valence-electron chi connectivity index (χ0n) is 16.0. The molecule has 0 bridgehead atoms. The van der Waals surface area contributed by atoms with Crippen molar-refractivity contribution in [3.05, 3.63) is 35.1 Å². The Balaban J connectivity index is 5.12. The quantitative estimate of drug-likeness (QED) is 0.309. The van der Waals surface area contributed by atoms with Crippen molar-refractivity contribution < 1.29 is 0 Å². The first-order chi connectivity index (χ1) is 10.5. The van der Waals surface area contributed by atoms with E-state index < -0.39 is 0 Å². The van der Waals surface area contributed by atoms with Crippen molar-refractivity contribution in [2.24, 2.45) is 5.92 Å². The summed E-state index contributed by atoms with van der Waals surface area (Å²) in [5.41, 5.74) is 5.78. The molecular weight excluding hydrogens is 266 g/mol. The molecule has 128 valence electrons. The van der Waals surface area contributed by atoms with Crippen LogP contribution in [0.2, 0.25) is 0 Å². The number of nitrogens with one attached hydrogen (secondary N) is 1. The van der Waals surface area contributed by atoms with Crippen molar-refractivity contribution in [1.29, 1.82) is 0 Å². The van der Waals surface area contributed by atoms with Crippen LogP contribution in [0.4, 0.5) is 0 Å². The van der Waals surface area contributed by atoms with Gasteiger partial charge in [0.15, 0.2) is 0 Å². The van der Waals surface area contributed by atoms with Crippen molar-refractivity contribution in [1.82, 2.24) is 5.32 Å². The van der Waals surface area contributed by atoms with Crippen LogP contribution in [0, 0.1) is 5.92 Å². The standard InChI is InChI=1S/C21H39N/c1-8-11-14-17(4)15-20(22-7)16-21(18(5)12-9-2)19(6)13-10-3/h15,18,22H,4,8-14,16H2,1-3,5-7H3/b20-15+,21-19+/t18-/m0/s1. The number of rotatable bonds is 12. The molecule has 22 heavy (non-hydrogen) atoms. The highest BCUT2D eigenvalue weighted by Gasteiger charge is 2.13. The van der Waals surface area contributed by atoms with Gasteiger partial charge in [-0.25, -0.2) is 0 Å². The minimum atomic E-state index is 0.678. The molecule has 0 aromatic rings. The van der Waals surface area contributed by atoms with Crippen molar-refractivity contribution >= 4 is 0 Å². The highest BCUT2D eigenvalue weighted by Crippen LogP contribution is 2.28. The van der Waals surface area contributed by atoms with Gasteiger partial charge in [0.25, 0.3) is 0 Å². The van der Waals surface area contributed by atoms with Gasteiger partial charge < -0.3 is 5.32 Å². The predicted molar refractivity (Wildman–Crippen MR) is 102 cm³/mol. The molecule has 0 aromatic heterocycles. The molecular formula is C21H39N. The van der Waals surface area contributed by atoms with Gasteiger partial charge in [-0.2, -0.15) is 0 Å². The monoisotopic (exact) mass is 305 g/mol. The third-order valence-corrected chi connectivity index (χ3v) is 4.42. The van der Waals surface area contributed by atoms with E-state index in [0.29, 0.717) is 5.92 Å². The van der Waals surface area contributed by atoms with Crippen LogP contribution >= 0.6 is 0 Å². The van der Waals surface area contributed by atoms with Gasteiger partial charge in [0.1, 0.15) is 0 Å². The molecule has 1 nitrogen and oxygen atoms in total. The normalized spacial score (nSPS) is 14.5. The van der Waals surface area contributed by atoms with Crippen LogP contribution < -0.4 is 5.32 Å². The van der Waals surface area contributed by atoms with Gasteiger partial charge in [0, 0.05) is 19.2 Å². The van der Waals surface area contributed by atoms with Gasteiger partial charge in [0.2, 0.25) is 0 Å². The zero-order valence-corrected chi connectivity index (χ0v) is 16.0. The van der Waals surface area contributed by atoms with Crippen molar-refractivity contribution in [3.8, 4) is 0 Å². The molecule has 1 heteroatoms. The molecule has 0 saturated carbocycles. The maximum Gasteiger partial charge on any atom is 0.0148 e. The summed E-state index contributed by atoms with van der Waals surface area (Å²) >= 11 is 0. The second kappa shape index (κ2) is 12.6. The van der Waals surface area contributed by atoms with E-state index in [9.17, 15) is 0 Å². The van der Waals surface area contributed by atoms with Gasteiger partial charge in [-0.3, -0.25) is 0 Å². The Morgan fingerprint density at radius 1 is 1.09 bits per heavy atom. The molecule has 0 aliphatic carbocycles. The van der Waals surface area contributed by atoms with E-state index in [1.807, 2.05) is 7.05 Å². The summed E-state index contributed by atoms with van der Waals surface area (Å²) < 4.78 is 0. The fourth-order valence-corrected chi connectivity index (χ4v) is 3.03. The predicted octanol–water partition coefficient (Wildman–Crippen LogP) is 6.78. The molecule has 0 aliphatic rings. The van der Waals surface area contributed by atoms with Crippen LogP contribution in [-0.2, 0) is 0 Å². The molecule has 0 heterocycles. The highest BCUT2D eigenvalue weighted by molar-refractivity contribution is 5.27. The van der Waals surface area contributed by atoms with Crippen LogP contribution in [-0.4, -0.2) is 7.05 Å². The average Bonchev–Trinajstić information content (AvgIpc) is 2.49. The number of unbranched alkanes of at least 4 members (excludes halogenated alkanes) is 1. The maximum absolute atomic E-state index is 4.22. The van der Waals surface area contributed by atoms with E-state index in [1.54, 1.807) is 11.1 Å². The summed E-state index contributed by atoms with van der Waals surface area (Å²) in [6, 6.07) is 0. The third-order valence-electron chi connectivity index (χ3n) is 4.42. The van der Waals surface area contributed by atoms with Crippen molar-refractivity contribution in [2.45, 2.75) is 86.0 Å². The summed E-state index contributed by atoms with van der Waals surface area (Å²) in [7, 11) is 2.04. The van der Waals surface area contributed by atoms with Crippen LogP contribution in [0.3, 0.4) is 0 Å². The minimum absolute atomic E-state index is 0.678. The summed E-state index contributed by atoms with van der Waals surface area (Å²) in [5.74, 6) is 0.678. The Bertz CT molecular complexity index is 373. The average molecular weight is 306 g/mol. The Kier molecular flexibility index (Phi) is 12.0. The summed E-state index contributed by atoms with van der Waals surface area (Å²) in [5, 5.41) is 3.40. The Morgan fingerprint density at radius 2 is 1.77 bits per heavy atom. The second-order valence-corrected chi connectivity index (χ2v) is 6.60. The van der Waals surface area contributed by atoms with Gasteiger partial charge in [0.05, 0.1) is 0 Å². The maximum atomic E-state index is 4.22. The lowest BCUT2D eigenvalue weighted by molar-refractivity contribution is 0.574. The lowest BCUT2D eigenvalue weighted by Gasteiger charge is -2.21. The van der Waals surface area contributed by atoms with Crippen LogP contribution in [0.25, 0.3) is 0 Å². The Hall–Kier alpha value is -0.980. The van der Waals surface area contributed by atoms with E-state index in [1.165, 1.54) is 49.8 Å². The lowest BCUT2D eigenvalue weighted by Crippen LogP contribution is -2.12. The van der Waals surface area contributed by atoms with Crippen molar-refractivity contribution in [3.63, 3.8) is 0 Å². The molecule has 0 aromatic carbocycles. The van der Waals surface area contributed by atoms with Gasteiger partial charge in [-0.15, -0.1) is 0 Å². The lowest BCUT2D eigenvalue weighted by atomic mass is 9.87. The van der Waals surface area contributed by atoms with Crippen LogP contribution in [0.5, 0.6) is 0 Å². The summed E-state index contributed by atoms with van der Waals surface area (Å²) in [6.07, 6.45) is 11.9.